The number of benzene rings is 2. The number of ether oxygens (including phenoxy) is 2. The lowest BCUT2D eigenvalue weighted by Gasteiger charge is -2.33. The number of hydrogen-bond acceptors (Lipinski definition) is 4. The Balaban J connectivity index is 1.22. The van der Waals surface area contributed by atoms with E-state index in [1.165, 1.54) is 49.9 Å². The van der Waals surface area contributed by atoms with Gasteiger partial charge in [-0.1, -0.05) is 59.6 Å². The molecule has 2 atom stereocenters. The number of rotatable bonds is 12. The molecule has 0 aromatic heterocycles. The lowest BCUT2D eigenvalue weighted by molar-refractivity contribution is -0.161. The average Bonchev–Trinajstić information content (AvgIpc) is 2.89. The molecule has 192 valence electrons. The minimum Gasteiger partial charge on any atom is -0.353 e. The van der Waals surface area contributed by atoms with E-state index in [-0.39, 0.29) is 6.29 Å². The molecule has 0 bridgehead atoms. The molecule has 0 spiro atoms. The molecule has 4 rings (SSSR count). The minimum absolute atomic E-state index is 0.0266. The van der Waals surface area contributed by atoms with Gasteiger partial charge >= 0.3 is 0 Å². The maximum absolute atomic E-state index is 6.36. The van der Waals surface area contributed by atoms with Gasteiger partial charge < -0.3 is 19.7 Å². The maximum atomic E-state index is 6.36. The van der Waals surface area contributed by atoms with Crippen LogP contribution >= 0.6 is 23.2 Å². The molecule has 35 heavy (non-hydrogen) atoms. The fourth-order valence-corrected chi connectivity index (χ4v) is 5.54. The summed E-state index contributed by atoms with van der Waals surface area (Å²) in [6, 6.07) is 17.0. The van der Waals surface area contributed by atoms with Crippen LogP contribution in [0, 0.1) is 5.92 Å². The molecule has 2 heterocycles. The van der Waals surface area contributed by atoms with Crippen molar-refractivity contribution in [3.05, 3.63) is 69.7 Å². The number of nitrogens with one attached hydrogen (secondary N) is 1. The van der Waals surface area contributed by atoms with Crippen LogP contribution < -0.4 is 5.32 Å². The van der Waals surface area contributed by atoms with Crippen molar-refractivity contribution < 1.29 is 9.47 Å². The van der Waals surface area contributed by atoms with E-state index in [1.807, 2.05) is 12.1 Å². The molecule has 0 aliphatic carbocycles. The quantitative estimate of drug-likeness (QED) is 0.322. The summed E-state index contributed by atoms with van der Waals surface area (Å²) in [5.41, 5.74) is 2.72. The second-order valence-electron chi connectivity index (χ2n) is 10.0. The first-order valence-corrected chi connectivity index (χ1v) is 14.1. The van der Waals surface area contributed by atoms with Gasteiger partial charge in [0.05, 0.1) is 16.7 Å². The van der Waals surface area contributed by atoms with Crippen molar-refractivity contribution in [1.82, 2.24) is 10.2 Å². The van der Waals surface area contributed by atoms with Gasteiger partial charge in [0.2, 0.25) is 0 Å². The molecule has 2 aliphatic heterocycles. The number of hydrogen-bond donors (Lipinski definition) is 1. The first kappa shape index (κ1) is 26.9. The highest BCUT2D eigenvalue weighted by atomic mass is 35.5. The van der Waals surface area contributed by atoms with Gasteiger partial charge in [0, 0.05) is 19.7 Å². The molecule has 0 amide bonds. The largest absolute Gasteiger partial charge is 0.353 e. The van der Waals surface area contributed by atoms with Crippen molar-refractivity contribution in [3.8, 4) is 0 Å². The van der Waals surface area contributed by atoms with E-state index >= 15 is 0 Å². The van der Waals surface area contributed by atoms with Gasteiger partial charge in [0.25, 0.3) is 0 Å². The summed E-state index contributed by atoms with van der Waals surface area (Å²) in [5.74, 6) is 1.19. The predicted octanol–water partition coefficient (Wildman–Crippen LogP) is 6.55. The van der Waals surface area contributed by atoms with E-state index in [0.717, 1.165) is 51.4 Å². The monoisotopic (exact) mass is 518 g/mol. The fourth-order valence-electron chi connectivity index (χ4n) is 5.23. The Bertz CT molecular complexity index is 868. The Morgan fingerprint density at radius 2 is 1.83 bits per heavy atom. The van der Waals surface area contributed by atoms with Gasteiger partial charge in [-0.25, -0.2) is 0 Å². The number of likely N-dealkylation sites (tertiary alicyclic amines) is 1. The predicted molar refractivity (Wildman–Crippen MR) is 146 cm³/mol. The summed E-state index contributed by atoms with van der Waals surface area (Å²) < 4.78 is 11.5. The topological polar surface area (TPSA) is 33.7 Å². The molecular formula is C29H40Cl2N2O2. The fraction of sp³-hybridized carbons (Fsp3) is 0.586. The SMILES string of the molecule is Clc1ccc(C(CCN2CCC(Cc3ccccc3)CC2)CNCCOC2CCCCO2)cc1Cl. The average molecular weight is 520 g/mol. The van der Waals surface area contributed by atoms with Crippen molar-refractivity contribution in [2.24, 2.45) is 5.92 Å². The van der Waals surface area contributed by atoms with E-state index < -0.39 is 0 Å². The first-order valence-electron chi connectivity index (χ1n) is 13.3. The molecule has 2 fully saturated rings. The number of piperidine rings is 1. The maximum Gasteiger partial charge on any atom is 0.157 e. The lowest BCUT2D eigenvalue weighted by Crippen LogP contribution is -2.36. The van der Waals surface area contributed by atoms with E-state index in [1.54, 1.807) is 0 Å². The highest BCUT2D eigenvalue weighted by Gasteiger charge is 2.21. The summed E-state index contributed by atoms with van der Waals surface area (Å²) in [7, 11) is 0. The van der Waals surface area contributed by atoms with E-state index in [2.05, 4.69) is 46.6 Å². The first-order chi connectivity index (χ1) is 17.2. The zero-order valence-corrected chi connectivity index (χ0v) is 22.3. The van der Waals surface area contributed by atoms with Gasteiger partial charge in [-0.15, -0.1) is 0 Å². The van der Waals surface area contributed by atoms with E-state index in [0.29, 0.717) is 22.6 Å². The van der Waals surface area contributed by atoms with Crippen LogP contribution in [0.5, 0.6) is 0 Å². The van der Waals surface area contributed by atoms with Gasteiger partial charge in [0.15, 0.2) is 6.29 Å². The van der Waals surface area contributed by atoms with Crippen LogP contribution in [-0.4, -0.2) is 57.1 Å². The third-order valence-electron chi connectivity index (χ3n) is 7.39. The number of halogens is 2. The molecule has 2 saturated heterocycles. The second-order valence-corrected chi connectivity index (χ2v) is 10.8. The van der Waals surface area contributed by atoms with Gasteiger partial charge in [-0.3, -0.25) is 0 Å². The van der Waals surface area contributed by atoms with Crippen LogP contribution in [0.2, 0.25) is 10.0 Å². The van der Waals surface area contributed by atoms with Crippen LogP contribution in [-0.2, 0) is 15.9 Å². The highest BCUT2D eigenvalue weighted by molar-refractivity contribution is 6.42. The Labute approximate surface area is 221 Å². The lowest BCUT2D eigenvalue weighted by atomic mass is 9.89. The molecule has 2 aromatic rings. The Morgan fingerprint density at radius 1 is 1.00 bits per heavy atom. The van der Waals surface area contributed by atoms with E-state index in [4.69, 9.17) is 32.7 Å². The minimum atomic E-state index is -0.0266. The van der Waals surface area contributed by atoms with Crippen LogP contribution in [0.1, 0.15) is 55.6 Å². The summed E-state index contributed by atoms with van der Waals surface area (Å²) in [5, 5.41) is 4.85. The summed E-state index contributed by atoms with van der Waals surface area (Å²) in [4.78, 5) is 2.63. The summed E-state index contributed by atoms with van der Waals surface area (Å²) in [6.07, 6.45) is 8.19. The van der Waals surface area contributed by atoms with Gasteiger partial charge in [-0.05, 0) is 99.7 Å². The van der Waals surface area contributed by atoms with Crippen LogP contribution in [0.4, 0.5) is 0 Å². The highest BCUT2D eigenvalue weighted by Crippen LogP contribution is 2.29. The van der Waals surface area contributed by atoms with Crippen LogP contribution in [0.3, 0.4) is 0 Å². The van der Waals surface area contributed by atoms with E-state index in [9.17, 15) is 0 Å². The van der Waals surface area contributed by atoms with Gasteiger partial charge in [-0.2, -0.15) is 0 Å². The smallest absolute Gasteiger partial charge is 0.157 e. The second kappa shape index (κ2) is 14.6. The normalized spacial score (nSPS) is 20.7. The number of nitrogens with zero attached hydrogens (tertiary/aromatic N) is 1. The Morgan fingerprint density at radius 3 is 2.57 bits per heavy atom. The molecule has 0 saturated carbocycles. The zero-order valence-electron chi connectivity index (χ0n) is 20.8. The Hall–Kier alpha value is -1.14. The van der Waals surface area contributed by atoms with Crippen LogP contribution in [0.25, 0.3) is 0 Å². The van der Waals surface area contributed by atoms with Gasteiger partial charge in [0.1, 0.15) is 0 Å². The molecule has 2 aromatic carbocycles. The van der Waals surface area contributed by atoms with Crippen molar-refractivity contribution in [2.45, 2.75) is 57.2 Å². The molecule has 1 N–H and O–H groups in total. The summed E-state index contributed by atoms with van der Waals surface area (Å²) in [6.45, 7) is 6.70. The van der Waals surface area contributed by atoms with Crippen molar-refractivity contribution in [2.75, 3.05) is 45.9 Å². The van der Waals surface area contributed by atoms with Crippen molar-refractivity contribution in [1.29, 1.82) is 0 Å². The molecule has 4 nitrogen and oxygen atoms in total. The van der Waals surface area contributed by atoms with Crippen LogP contribution in [0.15, 0.2) is 48.5 Å². The molecule has 0 radical (unpaired) electrons. The zero-order chi connectivity index (χ0) is 24.3. The molecule has 6 heteroatoms. The van der Waals surface area contributed by atoms with Crippen molar-refractivity contribution in [3.63, 3.8) is 0 Å². The summed E-state index contributed by atoms with van der Waals surface area (Å²) >= 11 is 12.6. The molecule has 2 aliphatic rings. The standard InChI is InChI=1S/C29H40Cl2N2O2/c30-27-10-9-25(21-28(27)31)26(22-32-14-19-35-29-8-4-5-18-34-29)13-17-33-15-11-24(12-16-33)20-23-6-2-1-3-7-23/h1-3,6-7,9-10,21,24,26,29,32H,4-5,8,11-20,22H2. The van der Waals surface area contributed by atoms with Crippen molar-refractivity contribution >= 4 is 23.2 Å². The third kappa shape index (κ3) is 9.03. The molecule has 2 unspecified atom stereocenters. The Kier molecular flexibility index (Phi) is 11.2. The third-order valence-corrected chi connectivity index (χ3v) is 8.13. The molecular weight excluding hydrogens is 479 g/mol.